The summed E-state index contributed by atoms with van der Waals surface area (Å²) >= 11 is 0. The van der Waals surface area contributed by atoms with E-state index in [-0.39, 0.29) is 5.78 Å². The van der Waals surface area contributed by atoms with Crippen LogP contribution < -0.4 is 0 Å². The summed E-state index contributed by atoms with van der Waals surface area (Å²) in [5, 5.41) is 0. The van der Waals surface area contributed by atoms with E-state index in [2.05, 4.69) is 0 Å². The highest BCUT2D eigenvalue weighted by Gasteiger charge is 2.30. The van der Waals surface area contributed by atoms with E-state index in [9.17, 15) is 18.0 Å². The van der Waals surface area contributed by atoms with E-state index >= 15 is 0 Å². The Labute approximate surface area is 136 Å². The van der Waals surface area contributed by atoms with Crippen LogP contribution in [0.25, 0.3) is 17.2 Å². The fourth-order valence-corrected chi connectivity index (χ4v) is 3.04. The van der Waals surface area contributed by atoms with Gasteiger partial charge in [-0.1, -0.05) is 36.4 Å². The van der Waals surface area contributed by atoms with Crippen molar-refractivity contribution in [3.05, 3.63) is 88.5 Å². The molecule has 0 aliphatic heterocycles. The van der Waals surface area contributed by atoms with Crippen LogP contribution in [0.2, 0.25) is 0 Å². The summed E-state index contributed by atoms with van der Waals surface area (Å²) in [5.74, 6) is -0.126. The summed E-state index contributed by atoms with van der Waals surface area (Å²) in [7, 11) is 0. The third kappa shape index (κ3) is 2.31. The Kier molecular flexibility index (Phi) is 3.10. The molecule has 0 unspecified atom stereocenters. The van der Waals surface area contributed by atoms with Crippen molar-refractivity contribution in [2.45, 2.75) is 6.18 Å². The van der Waals surface area contributed by atoms with Crippen molar-refractivity contribution in [3.8, 4) is 0 Å². The van der Waals surface area contributed by atoms with Gasteiger partial charge in [0.25, 0.3) is 0 Å². The van der Waals surface area contributed by atoms with Crippen molar-refractivity contribution in [1.82, 2.24) is 0 Å². The Morgan fingerprint density at radius 2 is 1.46 bits per heavy atom. The molecule has 2 aromatic carbocycles. The van der Waals surface area contributed by atoms with Crippen molar-refractivity contribution >= 4 is 23.0 Å². The molecule has 2 aliphatic rings. The van der Waals surface area contributed by atoms with E-state index in [1.807, 2.05) is 36.4 Å². The molecule has 118 valence electrons. The quantitative estimate of drug-likeness (QED) is 0.709. The fraction of sp³-hybridized carbons (Fsp3) is 0.0500. The second kappa shape index (κ2) is 5.06. The number of hydrogen-bond acceptors (Lipinski definition) is 1. The standard InChI is InChI=1S/C20H11F3O/c21-20(22,23)15-7-5-12(6-8-15)14-10-17-16-4-2-1-3-13(16)9-18(17)19(24)11-14/h1-11H. The fourth-order valence-electron chi connectivity index (χ4n) is 3.04. The van der Waals surface area contributed by atoms with Crippen LogP contribution in [0.4, 0.5) is 13.2 Å². The molecule has 0 saturated heterocycles. The molecule has 24 heavy (non-hydrogen) atoms. The van der Waals surface area contributed by atoms with Gasteiger partial charge in [-0.05, 0) is 58.2 Å². The summed E-state index contributed by atoms with van der Waals surface area (Å²) in [4.78, 5) is 12.4. The summed E-state index contributed by atoms with van der Waals surface area (Å²) < 4.78 is 38.0. The van der Waals surface area contributed by atoms with E-state index in [1.165, 1.54) is 18.2 Å². The maximum atomic E-state index is 12.7. The van der Waals surface area contributed by atoms with Gasteiger partial charge in [-0.3, -0.25) is 4.79 Å². The Bertz CT molecular complexity index is 942. The van der Waals surface area contributed by atoms with Crippen molar-refractivity contribution in [2.75, 3.05) is 0 Å². The molecule has 2 aliphatic carbocycles. The number of halogens is 3. The first-order valence-electron chi connectivity index (χ1n) is 7.40. The summed E-state index contributed by atoms with van der Waals surface area (Å²) in [6.45, 7) is 0. The average molecular weight is 324 g/mol. The second-order valence-corrected chi connectivity index (χ2v) is 5.74. The predicted molar refractivity (Wildman–Crippen MR) is 86.8 cm³/mol. The van der Waals surface area contributed by atoms with E-state index < -0.39 is 11.7 Å². The minimum atomic E-state index is -4.37. The number of rotatable bonds is 1. The highest BCUT2D eigenvalue weighted by atomic mass is 19.4. The summed E-state index contributed by atoms with van der Waals surface area (Å²) in [5.41, 5.74) is 3.92. The van der Waals surface area contributed by atoms with E-state index in [0.29, 0.717) is 16.7 Å². The molecule has 2 aromatic rings. The maximum Gasteiger partial charge on any atom is 0.416 e. The monoisotopic (exact) mass is 324 g/mol. The van der Waals surface area contributed by atoms with Crippen molar-refractivity contribution in [3.63, 3.8) is 0 Å². The third-order valence-electron chi connectivity index (χ3n) is 4.24. The number of fused-ring (bicyclic) bond motifs is 3. The zero-order valence-electron chi connectivity index (χ0n) is 12.4. The van der Waals surface area contributed by atoms with E-state index in [1.54, 1.807) is 0 Å². The van der Waals surface area contributed by atoms with Crippen LogP contribution in [0, 0.1) is 0 Å². The molecule has 0 aromatic heterocycles. The molecule has 0 N–H and O–H groups in total. The molecular weight excluding hydrogens is 313 g/mol. The highest BCUT2D eigenvalue weighted by molar-refractivity contribution is 6.27. The van der Waals surface area contributed by atoms with Crippen LogP contribution in [0.5, 0.6) is 0 Å². The van der Waals surface area contributed by atoms with Gasteiger partial charge >= 0.3 is 6.18 Å². The number of carbonyl (C=O) groups is 1. The molecule has 1 nitrogen and oxygen atoms in total. The molecule has 4 rings (SSSR count). The molecule has 0 radical (unpaired) electrons. The van der Waals surface area contributed by atoms with Gasteiger partial charge in [0.15, 0.2) is 5.78 Å². The van der Waals surface area contributed by atoms with Gasteiger partial charge in [0.1, 0.15) is 0 Å². The zero-order chi connectivity index (χ0) is 16.9. The summed E-state index contributed by atoms with van der Waals surface area (Å²) in [6, 6.07) is 12.5. The highest BCUT2D eigenvalue weighted by Crippen LogP contribution is 2.41. The molecule has 0 fully saturated rings. The van der Waals surface area contributed by atoms with Gasteiger partial charge in [-0.2, -0.15) is 13.2 Å². The van der Waals surface area contributed by atoms with Crippen molar-refractivity contribution in [1.29, 1.82) is 0 Å². The Morgan fingerprint density at radius 1 is 0.750 bits per heavy atom. The van der Waals surface area contributed by atoms with Gasteiger partial charge < -0.3 is 0 Å². The van der Waals surface area contributed by atoms with Crippen LogP contribution >= 0.6 is 0 Å². The largest absolute Gasteiger partial charge is 0.416 e. The van der Waals surface area contributed by atoms with E-state index in [0.717, 1.165) is 28.8 Å². The summed E-state index contributed by atoms with van der Waals surface area (Å²) in [6.07, 6.45) is 0.822. The van der Waals surface area contributed by atoms with Crippen LogP contribution in [-0.4, -0.2) is 5.78 Å². The lowest BCUT2D eigenvalue weighted by Gasteiger charge is -2.14. The molecular formula is C20H11F3O. The minimum absolute atomic E-state index is 0.126. The van der Waals surface area contributed by atoms with Crippen LogP contribution in [-0.2, 0) is 11.0 Å². The number of ketones is 1. The average Bonchev–Trinajstić information content (AvgIpc) is 2.94. The lowest BCUT2D eigenvalue weighted by molar-refractivity contribution is -0.137. The number of allylic oxidation sites excluding steroid dienone is 5. The SMILES string of the molecule is O=C1C=C(c2ccc(C(F)(F)F)cc2)C=C2C1=Cc1ccccc12. The Hall–Kier alpha value is -2.88. The lowest BCUT2D eigenvalue weighted by Crippen LogP contribution is -2.06. The Balaban J connectivity index is 1.76. The van der Waals surface area contributed by atoms with Gasteiger partial charge in [0.2, 0.25) is 0 Å². The molecule has 0 bridgehead atoms. The second-order valence-electron chi connectivity index (χ2n) is 5.74. The molecule has 0 atom stereocenters. The maximum absolute atomic E-state index is 12.7. The predicted octanol–water partition coefficient (Wildman–Crippen LogP) is 5.15. The third-order valence-corrected chi connectivity index (χ3v) is 4.24. The number of carbonyl (C=O) groups excluding carboxylic acids is 1. The first-order chi connectivity index (χ1) is 11.4. The molecule has 0 spiro atoms. The van der Waals surface area contributed by atoms with Crippen LogP contribution in [0.15, 0.2) is 66.3 Å². The van der Waals surface area contributed by atoms with Gasteiger partial charge in [-0.15, -0.1) is 0 Å². The first-order valence-corrected chi connectivity index (χ1v) is 7.40. The van der Waals surface area contributed by atoms with E-state index in [4.69, 9.17) is 0 Å². The van der Waals surface area contributed by atoms with Crippen LogP contribution in [0.3, 0.4) is 0 Å². The zero-order valence-corrected chi connectivity index (χ0v) is 12.4. The topological polar surface area (TPSA) is 17.1 Å². The van der Waals surface area contributed by atoms with Gasteiger partial charge in [0, 0.05) is 5.57 Å². The smallest absolute Gasteiger partial charge is 0.289 e. The molecule has 0 saturated carbocycles. The van der Waals surface area contributed by atoms with Crippen LogP contribution in [0.1, 0.15) is 22.3 Å². The van der Waals surface area contributed by atoms with Gasteiger partial charge in [-0.25, -0.2) is 0 Å². The van der Waals surface area contributed by atoms with Crippen molar-refractivity contribution < 1.29 is 18.0 Å². The number of alkyl halides is 3. The first kappa shape index (κ1) is 14.7. The lowest BCUT2D eigenvalue weighted by atomic mass is 9.89. The van der Waals surface area contributed by atoms with Crippen molar-refractivity contribution in [2.24, 2.45) is 0 Å². The normalized spacial score (nSPS) is 16.1. The number of benzene rings is 2. The minimum Gasteiger partial charge on any atom is -0.289 e. The molecule has 0 heterocycles. The number of hydrogen-bond donors (Lipinski definition) is 0. The Morgan fingerprint density at radius 3 is 2.17 bits per heavy atom. The molecule has 0 amide bonds. The molecule has 4 heteroatoms. The van der Waals surface area contributed by atoms with Gasteiger partial charge in [0.05, 0.1) is 5.56 Å².